The fourth-order valence-electron chi connectivity index (χ4n) is 1.02. The Morgan fingerprint density at radius 2 is 2.33 bits per heavy atom. The van der Waals surface area contributed by atoms with Crippen LogP contribution in [0.15, 0.2) is 22.7 Å². The van der Waals surface area contributed by atoms with Gasteiger partial charge in [0.05, 0.1) is 0 Å². The molecule has 15 heavy (non-hydrogen) atoms. The highest BCUT2D eigenvalue weighted by Crippen LogP contribution is 2.20. The molecule has 0 amide bonds. The zero-order valence-corrected chi connectivity index (χ0v) is 9.91. The number of aliphatic carboxylic acids is 1. The molecular weight excluding hydrogens is 260 g/mol. The van der Waals surface area contributed by atoms with E-state index < -0.39 is 12.0 Å². The number of rotatable bonds is 4. The lowest BCUT2D eigenvalue weighted by molar-refractivity contribution is -0.138. The monoisotopic (exact) mass is 272 g/mol. The van der Waals surface area contributed by atoms with E-state index in [0.29, 0.717) is 0 Å². The number of aryl methyl sites for hydroxylation is 1. The van der Waals surface area contributed by atoms with E-state index in [9.17, 15) is 4.79 Å². The Balaban J connectivity index is 2.58. The molecular formula is C10H13BrN2O2. The third-order valence-corrected chi connectivity index (χ3v) is 2.87. The number of carbonyl (C=O) groups is 1. The van der Waals surface area contributed by atoms with Crippen molar-refractivity contribution in [3.63, 3.8) is 0 Å². The van der Waals surface area contributed by atoms with Crippen LogP contribution >= 0.6 is 15.9 Å². The van der Waals surface area contributed by atoms with Gasteiger partial charge in [-0.1, -0.05) is 22.0 Å². The van der Waals surface area contributed by atoms with E-state index in [1.54, 1.807) is 0 Å². The molecule has 82 valence electrons. The lowest BCUT2D eigenvalue weighted by atomic mass is 10.2. The maximum Gasteiger partial charge on any atom is 0.322 e. The zero-order valence-electron chi connectivity index (χ0n) is 8.33. The fraction of sp³-hybridized carbons (Fsp3) is 0.300. The van der Waals surface area contributed by atoms with E-state index in [4.69, 9.17) is 10.8 Å². The second-order valence-corrected chi connectivity index (χ2v) is 4.14. The maximum atomic E-state index is 10.5. The Bertz CT molecular complexity index is 368. The molecule has 0 saturated heterocycles. The van der Waals surface area contributed by atoms with Crippen molar-refractivity contribution in [2.24, 2.45) is 5.73 Å². The number of benzene rings is 1. The predicted octanol–water partition coefficient (Wildman–Crippen LogP) is 1.58. The van der Waals surface area contributed by atoms with Crippen molar-refractivity contribution in [2.45, 2.75) is 13.0 Å². The van der Waals surface area contributed by atoms with Crippen molar-refractivity contribution < 1.29 is 9.90 Å². The van der Waals surface area contributed by atoms with Crippen LogP contribution < -0.4 is 11.1 Å². The van der Waals surface area contributed by atoms with Crippen LogP contribution in [0.4, 0.5) is 5.69 Å². The smallest absolute Gasteiger partial charge is 0.322 e. The maximum absolute atomic E-state index is 10.5. The van der Waals surface area contributed by atoms with Gasteiger partial charge in [0.1, 0.15) is 6.04 Å². The average Bonchev–Trinajstić information content (AvgIpc) is 2.19. The zero-order chi connectivity index (χ0) is 11.4. The molecule has 0 bridgehead atoms. The van der Waals surface area contributed by atoms with E-state index in [-0.39, 0.29) is 6.54 Å². The summed E-state index contributed by atoms with van der Waals surface area (Å²) in [4.78, 5) is 10.5. The Hall–Kier alpha value is -1.07. The summed E-state index contributed by atoms with van der Waals surface area (Å²) in [5.41, 5.74) is 7.34. The van der Waals surface area contributed by atoms with Gasteiger partial charge in [0, 0.05) is 16.7 Å². The van der Waals surface area contributed by atoms with Crippen LogP contribution in [0.5, 0.6) is 0 Å². The number of carboxylic acid groups (broad SMARTS) is 1. The molecule has 1 rings (SSSR count). The molecule has 0 radical (unpaired) electrons. The van der Waals surface area contributed by atoms with Crippen molar-refractivity contribution >= 4 is 27.6 Å². The van der Waals surface area contributed by atoms with Crippen LogP contribution in [-0.2, 0) is 4.79 Å². The van der Waals surface area contributed by atoms with Gasteiger partial charge in [-0.25, -0.2) is 0 Å². The second kappa shape index (κ2) is 5.14. The molecule has 1 aromatic carbocycles. The van der Waals surface area contributed by atoms with E-state index in [1.807, 2.05) is 25.1 Å². The van der Waals surface area contributed by atoms with E-state index >= 15 is 0 Å². The molecule has 5 heteroatoms. The quantitative estimate of drug-likeness (QED) is 0.778. The number of nitrogens with one attached hydrogen (secondary N) is 1. The van der Waals surface area contributed by atoms with Gasteiger partial charge in [-0.3, -0.25) is 4.79 Å². The summed E-state index contributed by atoms with van der Waals surface area (Å²) in [6, 6.07) is 4.84. The SMILES string of the molecule is Cc1ccc(NCC(N)C(=O)O)cc1Br. The summed E-state index contributed by atoms with van der Waals surface area (Å²) in [5.74, 6) is -1.01. The highest BCUT2D eigenvalue weighted by atomic mass is 79.9. The first-order valence-electron chi connectivity index (χ1n) is 4.49. The van der Waals surface area contributed by atoms with Crippen molar-refractivity contribution in [3.8, 4) is 0 Å². The molecule has 4 nitrogen and oxygen atoms in total. The summed E-state index contributed by atoms with van der Waals surface area (Å²) < 4.78 is 0.983. The minimum Gasteiger partial charge on any atom is -0.480 e. The molecule has 0 aliphatic carbocycles. The van der Waals surface area contributed by atoms with Crippen LogP contribution in [-0.4, -0.2) is 23.7 Å². The van der Waals surface area contributed by atoms with Gasteiger partial charge in [0.2, 0.25) is 0 Å². The van der Waals surface area contributed by atoms with E-state index in [0.717, 1.165) is 15.7 Å². The van der Waals surface area contributed by atoms with Crippen LogP contribution in [0, 0.1) is 6.92 Å². The van der Waals surface area contributed by atoms with Crippen LogP contribution in [0.1, 0.15) is 5.56 Å². The van der Waals surface area contributed by atoms with E-state index in [2.05, 4.69) is 21.2 Å². The standard InChI is InChI=1S/C10H13BrN2O2/c1-6-2-3-7(4-8(6)11)13-5-9(12)10(14)15/h2-4,9,13H,5,12H2,1H3,(H,14,15). The summed E-state index contributed by atoms with van der Waals surface area (Å²) in [7, 11) is 0. The van der Waals surface area contributed by atoms with Gasteiger partial charge in [-0.05, 0) is 24.6 Å². The van der Waals surface area contributed by atoms with Gasteiger partial charge < -0.3 is 16.2 Å². The molecule has 0 fully saturated rings. The lowest BCUT2D eigenvalue weighted by Crippen LogP contribution is -2.36. The van der Waals surface area contributed by atoms with E-state index in [1.165, 1.54) is 0 Å². The van der Waals surface area contributed by atoms with Gasteiger partial charge in [-0.15, -0.1) is 0 Å². The summed E-state index contributed by atoms with van der Waals surface area (Å²) >= 11 is 3.39. The summed E-state index contributed by atoms with van der Waals surface area (Å²) in [6.45, 7) is 2.20. The molecule has 0 saturated carbocycles. The molecule has 0 aliphatic heterocycles. The first kappa shape index (κ1) is 12.0. The highest BCUT2D eigenvalue weighted by molar-refractivity contribution is 9.10. The molecule has 0 aliphatic rings. The molecule has 0 heterocycles. The topological polar surface area (TPSA) is 75.3 Å². The third-order valence-electron chi connectivity index (χ3n) is 2.02. The van der Waals surface area contributed by atoms with Gasteiger partial charge in [0.15, 0.2) is 0 Å². The van der Waals surface area contributed by atoms with Crippen molar-refractivity contribution in [1.29, 1.82) is 0 Å². The van der Waals surface area contributed by atoms with Crippen molar-refractivity contribution in [2.75, 3.05) is 11.9 Å². The van der Waals surface area contributed by atoms with Crippen LogP contribution in [0.3, 0.4) is 0 Å². The first-order chi connectivity index (χ1) is 7.00. The highest BCUT2D eigenvalue weighted by Gasteiger charge is 2.10. The largest absolute Gasteiger partial charge is 0.480 e. The minimum atomic E-state index is -1.01. The number of hydrogen-bond donors (Lipinski definition) is 3. The second-order valence-electron chi connectivity index (χ2n) is 3.29. The van der Waals surface area contributed by atoms with Crippen LogP contribution in [0.25, 0.3) is 0 Å². The molecule has 0 aromatic heterocycles. The third kappa shape index (κ3) is 3.53. The van der Waals surface area contributed by atoms with Crippen LogP contribution in [0.2, 0.25) is 0 Å². The Labute approximate surface area is 96.6 Å². The number of halogens is 1. The molecule has 1 atom stereocenters. The van der Waals surface area contributed by atoms with Crippen molar-refractivity contribution in [3.05, 3.63) is 28.2 Å². The first-order valence-corrected chi connectivity index (χ1v) is 5.28. The van der Waals surface area contributed by atoms with Gasteiger partial charge >= 0.3 is 5.97 Å². The molecule has 1 unspecified atom stereocenters. The molecule has 0 spiro atoms. The molecule has 4 N–H and O–H groups in total. The van der Waals surface area contributed by atoms with Gasteiger partial charge in [-0.2, -0.15) is 0 Å². The summed E-state index contributed by atoms with van der Waals surface area (Å²) in [5, 5.41) is 11.5. The number of nitrogens with two attached hydrogens (primary N) is 1. The normalized spacial score (nSPS) is 12.2. The Morgan fingerprint density at radius 3 is 2.87 bits per heavy atom. The lowest BCUT2D eigenvalue weighted by Gasteiger charge is -2.10. The summed E-state index contributed by atoms with van der Waals surface area (Å²) in [6.07, 6.45) is 0. The molecule has 1 aromatic rings. The van der Waals surface area contributed by atoms with Crippen molar-refractivity contribution in [1.82, 2.24) is 0 Å². The van der Waals surface area contributed by atoms with Gasteiger partial charge in [0.25, 0.3) is 0 Å². The fourth-order valence-corrected chi connectivity index (χ4v) is 1.40. The average molecular weight is 273 g/mol. The minimum absolute atomic E-state index is 0.213. The number of hydrogen-bond acceptors (Lipinski definition) is 3. The Kier molecular flexibility index (Phi) is 4.11. The predicted molar refractivity (Wildman–Crippen MR) is 63.0 cm³/mol. The Morgan fingerprint density at radius 1 is 1.67 bits per heavy atom. The number of carboxylic acids is 1. The number of anilines is 1.